The van der Waals surface area contributed by atoms with Crippen molar-refractivity contribution in [3.63, 3.8) is 0 Å². The Kier molecular flexibility index (Phi) is 5.21. The molecule has 4 rings (SSSR count). The maximum atomic E-state index is 12.8. The van der Waals surface area contributed by atoms with Crippen LogP contribution in [-0.2, 0) is 11.2 Å². The minimum atomic E-state index is 0.214. The molecule has 0 radical (unpaired) electrons. The third kappa shape index (κ3) is 4.03. The molecule has 1 amide bonds. The van der Waals surface area contributed by atoms with Gasteiger partial charge in [0.15, 0.2) is 0 Å². The minimum Gasteiger partial charge on any atom is -0.340 e. The summed E-state index contributed by atoms with van der Waals surface area (Å²) in [6, 6.07) is 16.9. The Morgan fingerprint density at radius 2 is 1.96 bits per heavy atom. The molecule has 0 spiro atoms. The van der Waals surface area contributed by atoms with Crippen molar-refractivity contribution in [3.05, 3.63) is 60.4 Å². The lowest BCUT2D eigenvalue weighted by molar-refractivity contribution is -0.129. The number of carbonyl (C=O) groups is 1. The van der Waals surface area contributed by atoms with E-state index in [1.54, 1.807) is 0 Å². The molecule has 140 valence electrons. The van der Waals surface area contributed by atoms with Gasteiger partial charge in [-0.25, -0.2) is 4.98 Å². The Hall–Kier alpha value is -2.27. The number of amides is 1. The summed E-state index contributed by atoms with van der Waals surface area (Å²) in [6.45, 7) is 5.96. The molecule has 1 aliphatic heterocycles. The summed E-state index contributed by atoms with van der Waals surface area (Å²) >= 11 is 1.85. The van der Waals surface area contributed by atoms with Gasteiger partial charge in [0, 0.05) is 23.2 Å². The number of fused-ring (bicyclic) bond motifs is 1. The molecule has 1 aromatic heterocycles. The number of thioether (sulfide) groups is 1. The van der Waals surface area contributed by atoms with Crippen LogP contribution in [0.3, 0.4) is 0 Å². The van der Waals surface area contributed by atoms with Crippen LogP contribution in [0.15, 0.2) is 59.8 Å². The molecule has 0 N–H and O–H groups in total. The molecule has 1 unspecified atom stereocenters. The number of likely N-dealkylation sites (tertiary alicyclic amines) is 1. The van der Waals surface area contributed by atoms with Gasteiger partial charge in [0.05, 0.1) is 29.8 Å². The molecule has 1 saturated heterocycles. The van der Waals surface area contributed by atoms with E-state index in [1.807, 2.05) is 41.2 Å². The quantitative estimate of drug-likeness (QED) is 0.610. The van der Waals surface area contributed by atoms with Crippen molar-refractivity contribution in [3.8, 4) is 0 Å². The summed E-state index contributed by atoms with van der Waals surface area (Å²) in [4.78, 5) is 20.5. The smallest absolute Gasteiger partial charge is 0.227 e. The molecule has 2 aromatic carbocycles. The second kappa shape index (κ2) is 7.77. The number of rotatable bonds is 5. The maximum absolute atomic E-state index is 12.8. The van der Waals surface area contributed by atoms with Gasteiger partial charge in [0.2, 0.25) is 5.91 Å². The minimum absolute atomic E-state index is 0.214. The lowest BCUT2D eigenvalue weighted by atomic mass is 10.1. The Morgan fingerprint density at radius 1 is 1.19 bits per heavy atom. The fourth-order valence-electron chi connectivity index (χ4n) is 3.71. The van der Waals surface area contributed by atoms with Gasteiger partial charge in [-0.2, -0.15) is 0 Å². The van der Waals surface area contributed by atoms with E-state index in [4.69, 9.17) is 0 Å². The van der Waals surface area contributed by atoms with E-state index in [-0.39, 0.29) is 5.91 Å². The van der Waals surface area contributed by atoms with Gasteiger partial charge in [-0.1, -0.05) is 38.1 Å². The van der Waals surface area contributed by atoms with Crippen molar-refractivity contribution in [2.75, 3.05) is 13.1 Å². The van der Waals surface area contributed by atoms with Crippen LogP contribution in [0.4, 0.5) is 0 Å². The Bertz CT molecular complexity index is 932. The second-order valence-corrected chi connectivity index (χ2v) is 9.06. The summed E-state index contributed by atoms with van der Waals surface area (Å²) in [6.07, 6.45) is 3.37. The molecule has 2 heterocycles. The first-order valence-electron chi connectivity index (χ1n) is 9.55. The van der Waals surface area contributed by atoms with Gasteiger partial charge < -0.3 is 9.47 Å². The van der Waals surface area contributed by atoms with Gasteiger partial charge in [-0.15, -0.1) is 11.8 Å². The van der Waals surface area contributed by atoms with Gasteiger partial charge >= 0.3 is 0 Å². The highest BCUT2D eigenvalue weighted by Gasteiger charge is 2.28. The van der Waals surface area contributed by atoms with E-state index < -0.39 is 0 Å². The van der Waals surface area contributed by atoms with Gasteiger partial charge in [-0.05, 0) is 36.2 Å². The zero-order valence-electron chi connectivity index (χ0n) is 15.8. The predicted octanol–water partition coefficient (Wildman–Crippen LogP) is 4.55. The predicted molar refractivity (Wildman–Crippen MR) is 111 cm³/mol. The lowest BCUT2D eigenvalue weighted by Crippen LogP contribution is -2.30. The van der Waals surface area contributed by atoms with E-state index in [9.17, 15) is 4.79 Å². The van der Waals surface area contributed by atoms with Gasteiger partial charge in [-0.3, -0.25) is 4.79 Å². The average Bonchev–Trinajstić information content (AvgIpc) is 3.29. The number of para-hydroxylation sites is 2. The Labute approximate surface area is 164 Å². The SMILES string of the molecule is CC(C)Sc1ccc(CC(=O)N2CCC(n3cnc4ccccc43)C2)cc1. The van der Waals surface area contributed by atoms with Gasteiger partial charge in [0.1, 0.15) is 0 Å². The second-order valence-electron chi connectivity index (χ2n) is 7.41. The summed E-state index contributed by atoms with van der Waals surface area (Å²) < 4.78 is 2.22. The molecule has 5 heteroatoms. The third-order valence-electron chi connectivity index (χ3n) is 5.04. The van der Waals surface area contributed by atoms with Crippen molar-refractivity contribution < 1.29 is 4.79 Å². The van der Waals surface area contributed by atoms with Crippen LogP contribution < -0.4 is 0 Å². The first-order valence-corrected chi connectivity index (χ1v) is 10.4. The number of hydrogen-bond donors (Lipinski definition) is 0. The van der Waals surface area contributed by atoms with Crippen LogP contribution in [0.2, 0.25) is 0 Å². The number of imidazole rings is 1. The normalized spacial score (nSPS) is 17.1. The van der Waals surface area contributed by atoms with Crippen molar-refractivity contribution in [1.82, 2.24) is 14.5 Å². The number of aromatic nitrogens is 2. The van der Waals surface area contributed by atoms with E-state index in [0.717, 1.165) is 36.1 Å². The van der Waals surface area contributed by atoms with E-state index in [1.165, 1.54) is 4.90 Å². The monoisotopic (exact) mass is 379 g/mol. The van der Waals surface area contributed by atoms with Crippen molar-refractivity contribution >= 4 is 28.7 Å². The molecule has 0 bridgehead atoms. The number of hydrogen-bond acceptors (Lipinski definition) is 3. The first kappa shape index (κ1) is 18.1. The lowest BCUT2D eigenvalue weighted by Gasteiger charge is -2.18. The van der Waals surface area contributed by atoms with Crippen LogP contribution >= 0.6 is 11.8 Å². The summed E-state index contributed by atoms with van der Waals surface area (Å²) in [5, 5.41) is 0.568. The topological polar surface area (TPSA) is 38.1 Å². The van der Waals surface area contributed by atoms with E-state index in [2.05, 4.69) is 53.7 Å². The van der Waals surface area contributed by atoms with Crippen LogP contribution in [0.5, 0.6) is 0 Å². The average molecular weight is 380 g/mol. The number of carbonyl (C=O) groups excluding carboxylic acids is 1. The standard InChI is InChI=1S/C22H25N3OS/c1-16(2)27-19-9-7-17(8-10-19)13-22(26)24-12-11-18(14-24)25-15-23-20-5-3-4-6-21(20)25/h3-10,15-16,18H,11-14H2,1-2H3. The van der Waals surface area contributed by atoms with Gasteiger partial charge in [0.25, 0.3) is 0 Å². The zero-order chi connectivity index (χ0) is 18.8. The Balaban J connectivity index is 1.39. The Morgan fingerprint density at radius 3 is 2.74 bits per heavy atom. The van der Waals surface area contributed by atoms with Crippen LogP contribution in [0.25, 0.3) is 11.0 Å². The molecular formula is C22H25N3OS. The molecule has 27 heavy (non-hydrogen) atoms. The van der Waals surface area contributed by atoms with Crippen molar-refractivity contribution in [2.24, 2.45) is 0 Å². The summed E-state index contributed by atoms with van der Waals surface area (Å²) in [5.41, 5.74) is 3.25. The number of benzene rings is 2. The van der Waals surface area contributed by atoms with E-state index >= 15 is 0 Å². The maximum Gasteiger partial charge on any atom is 0.227 e. The highest BCUT2D eigenvalue weighted by atomic mass is 32.2. The largest absolute Gasteiger partial charge is 0.340 e. The third-order valence-corrected chi connectivity index (χ3v) is 6.06. The highest BCUT2D eigenvalue weighted by Crippen LogP contribution is 2.27. The van der Waals surface area contributed by atoms with Crippen LogP contribution in [0.1, 0.15) is 31.9 Å². The summed E-state index contributed by atoms with van der Waals surface area (Å²) in [5.74, 6) is 0.214. The van der Waals surface area contributed by atoms with Crippen LogP contribution in [0, 0.1) is 0 Å². The van der Waals surface area contributed by atoms with Crippen molar-refractivity contribution in [1.29, 1.82) is 0 Å². The molecule has 0 aliphatic carbocycles. The van der Waals surface area contributed by atoms with Crippen LogP contribution in [-0.4, -0.2) is 38.7 Å². The molecule has 0 saturated carbocycles. The highest BCUT2D eigenvalue weighted by molar-refractivity contribution is 7.99. The fraction of sp³-hybridized carbons (Fsp3) is 0.364. The first-order chi connectivity index (χ1) is 13.1. The molecule has 1 atom stereocenters. The molecule has 1 aliphatic rings. The number of nitrogens with zero attached hydrogens (tertiary/aromatic N) is 3. The summed E-state index contributed by atoms with van der Waals surface area (Å²) in [7, 11) is 0. The molecule has 1 fully saturated rings. The van der Waals surface area contributed by atoms with Crippen molar-refractivity contribution in [2.45, 2.75) is 42.9 Å². The molecule has 4 nitrogen and oxygen atoms in total. The molecule has 3 aromatic rings. The molecular weight excluding hydrogens is 354 g/mol. The van der Waals surface area contributed by atoms with E-state index in [0.29, 0.717) is 17.7 Å². The fourth-order valence-corrected chi connectivity index (χ4v) is 4.55. The zero-order valence-corrected chi connectivity index (χ0v) is 16.7.